The van der Waals surface area contributed by atoms with Crippen LogP contribution in [0.5, 0.6) is 0 Å². The third kappa shape index (κ3) is 4.98. The molecule has 0 atom stereocenters. The van der Waals surface area contributed by atoms with E-state index in [1.165, 1.54) is 18.2 Å². The fourth-order valence-electron chi connectivity index (χ4n) is 2.26. The Bertz CT molecular complexity index is 1130. The van der Waals surface area contributed by atoms with Crippen molar-refractivity contribution in [3.8, 4) is 0 Å². The smallest absolute Gasteiger partial charge is 0.276 e. The van der Waals surface area contributed by atoms with Crippen molar-refractivity contribution >= 4 is 46.5 Å². The number of amides is 1. The van der Waals surface area contributed by atoms with Gasteiger partial charge in [0.15, 0.2) is 5.03 Å². The minimum Gasteiger partial charge on any atom is -0.276 e. The maximum Gasteiger partial charge on any atom is 0.345 e. The van der Waals surface area contributed by atoms with Gasteiger partial charge in [-0.25, -0.2) is 9.97 Å². The number of halogens is 1. The number of carbonyl (C=O) groups is 1. The predicted molar refractivity (Wildman–Crippen MR) is 108 cm³/mol. The first-order valence-corrected chi connectivity index (χ1v) is 9.28. The lowest BCUT2D eigenvalue weighted by Gasteiger charge is -2.09. The Hall–Kier alpha value is -3.77. The molecule has 30 heavy (non-hydrogen) atoms. The number of hydrazine groups is 1. The minimum atomic E-state index is -0.737. The molecule has 1 amide bonds. The fraction of sp³-hybridized carbons (Fsp3) is 0. The Labute approximate surface area is 177 Å². The molecular weight excluding hydrogens is 436 g/mol. The van der Waals surface area contributed by atoms with Crippen LogP contribution in [0, 0.1) is 20.2 Å². The quantitative estimate of drug-likeness (QED) is 0.312. The average molecular weight is 447 g/mol. The van der Waals surface area contributed by atoms with E-state index in [0.717, 1.165) is 24.2 Å². The lowest BCUT2D eigenvalue weighted by atomic mass is 10.2. The number of aromatic nitrogens is 2. The van der Waals surface area contributed by atoms with E-state index in [-0.39, 0.29) is 22.1 Å². The number of hydrogen-bond donors (Lipinski definition) is 2. The van der Waals surface area contributed by atoms with Gasteiger partial charge in [-0.15, -0.1) is 0 Å². The molecule has 11 nitrogen and oxygen atoms in total. The topological polar surface area (TPSA) is 153 Å². The number of nitrogens with zero attached hydrogens (tertiary/aromatic N) is 4. The van der Waals surface area contributed by atoms with E-state index < -0.39 is 21.4 Å². The van der Waals surface area contributed by atoms with Crippen molar-refractivity contribution in [1.29, 1.82) is 0 Å². The summed E-state index contributed by atoms with van der Waals surface area (Å²) >= 11 is 6.86. The first kappa shape index (κ1) is 21.0. The van der Waals surface area contributed by atoms with Crippen molar-refractivity contribution in [2.24, 2.45) is 0 Å². The number of nitro benzene ring substituents is 1. The number of hydrogen-bond acceptors (Lipinski definition) is 9. The summed E-state index contributed by atoms with van der Waals surface area (Å²) in [6, 6.07) is 11.6. The minimum absolute atomic E-state index is 0.0100. The number of anilines is 1. The highest BCUT2D eigenvalue weighted by molar-refractivity contribution is 7.99. The standard InChI is InChI=1S/C17H11ClN6O5S/c18-11-4-6-13(7-5-11)30-17-14(24(28)29)15(19-9-20-17)21-22-16(25)10-2-1-3-12(8-10)23(26)27/h1-9H,(H,22,25)(H,19,20,21). The third-order valence-corrected chi connectivity index (χ3v) is 4.86. The van der Waals surface area contributed by atoms with Gasteiger partial charge in [0.25, 0.3) is 11.6 Å². The lowest BCUT2D eigenvalue weighted by Crippen LogP contribution is -2.30. The van der Waals surface area contributed by atoms with Crippen molar-refractivity contribution in [3.63, 3.8) is 0 Å². The summed E-state index contributed by atoms with van der Waals surface area (Å²) in [5.74, 6) is -0.983. The van der Waals surface area contributed by atoms with Crippen LogP contribution in [0.3, 0.4) is 0 Å². The van der Waals surface area contributed by atoms with Crippen LogP contribution in [-0.2, 0) is 0 Å². The molecule has 0 aliphatic heterocycles. The molecule has 0 spiro atoms. The molecule has 0 aliphatic carbocycles. The van der Waals surface area contributed by atoms with Gasteiger partial charge in [-0.05, 0) is 30.3 Å². The summed E-state index contributed by atoms with van der Waals surface area (Å²) in [5.41, 5.74) is 3.90. The fourth-order valence-corrected chi connectivity index (χ4v) is 3.25. The zero-order valence-corrected chi connectivity index (χ0v) is 16.4. The Morgan fingerprint density at radius 3 is 2.43 bits per heavy atom. The molecule has 2 N–H and O–H groups in total. The first-order chi connectivity index (χ1) is 14.3. The molecule has 0 fully saturated rings. The first-order valence-electron chi connectivity index (χ1n) is 8.09. The van der Waals surface area contributed by atoms with E-state index in [4.69, 9.17) is 11.6 Å². The molecule has 0 unspecified atom stereocenters. The van der Waals surface area contributed by atoms with Gasteiger partial charge in [0, 0.05) is 27.6 Å². The van der Waals surface area contributed by atoms with Crippen molar-refractivity contribution < 1.29 is 14.6 Å². The number of non-ortho nitro benzene ring substituents is 1. The maximum absolute atomic E-state index is 12.3. The van der Waals surface area contributed by atoms with E-state index in [0.29, 0.717) is 9.92 Å². The second-order valence-corrected chi connectivity index (χ2v) is 7.07. The van der Waals surface area contributed by atoms with Crippen LogP contribution in [0.2, 0.25) is 5.02 Å². The van der Waals surface area contributed by atoms with Gasteiger partial charge in [0.05, 0.1) is 9.85 Å². The molecule has 13 heteroatoms. The van der Waals surface area contributed by atoms with E-state index >= 15 is 0 Å². The molecule has 0 saturated heterocycles. The summed E-state index contributed by atoms with van der Waals surface area (Å²) in [7, 11) is 0. The van der Waals surface area contributed by atoms with Gasteiger partial charge in [0.1, 0.15) is 6.33 Å². The maximum atomic E-state index is 12.3. The molecule has 0 bridgehead atoms. The highest BCUT2D eigenvalue weighted by atomic mass is 35.5. The molecule has 0 radical (unpaired) electrons. The molecule has 3 rings (SSSR count). The van der Waals surface area contributed by atoms with Gasteiger partial charge in [-0.3, -0.25) is 35.9 Å². The van der Waals surface area contributed by atoms with Crippen LogP contribution in [0.1, 0.15) is 10.4 Å². The SMILES string of the molecule is O=C(NNc1ncnc(Sc2ccc(Cl)cc2)c1[N+](=O)[O-])c1cccc([N+](=O)[O-])c1. The van der Waals surface area contributed by atoms with Crippen molar-refractivity contribution in [2.75, 3.05) is 5.43 Å². The Morgan fingerprint density at radius 2 is 1.77 bits per heavy atom. The molecule has 3 aromatic rings. The molecule has 0 saturated carbocycles. The number of rotatable bonds is 7. The number of carbonyl (C=O) groups excluding carboxylic acids is 1. The highest BCUT2D eigenvalue weighted by Crippen LogP contribution is 2.36. The van der Waals surface area contributed by atoms with Crippen LogP contribution >= 0.6 is 23.4 Å². The molecule has 1 heterocycles. The summed E-state index contributed by atoms with van der Waals surface area (Å²) in [6.07, 6.45) is 1.10. The van der Waals surface area contributed by atoms with E-state index in [1.807, 2.05) is 0 Å². The molecule has 2 aromatic carbocycles. The van der Waals surface area contributed by atoms with E-state index in [9.17, 15) is 25.0 Å². The zero-order chi connectivity index (χ0) is 21.7. The number of nitro groups is 2. The predicted octanol–water partition coefficient (Wildman–Crippen LogP) is 3.85. The Balaban J connectivity index is 1.81. The van der Waals surface area contributed by atoms with Crippen LogP contribution in [-0.4, -0.2) is 25.7 Å². The lowest BCUT2D eigenvalue weighted by molar-refractivity contribution is -0.387. The molecule has 152 valence electrons. The number of benzene rings is 2. The van der Waals surface area contributed by atoms with Crippen LogP contribution in [0.15, 0.2) is 64.8 Å². The van der Waals surface area contributed by atoms with Gasteiger partial charge < -0.3 is 0 Å². The van der Waals surface area contributed by atoms with E-state index in [1.54, 1.807) is 24.3 Å². The Morgan fingerprint density at radius 1 is 1.03 bits per heavy atom. The summed E-state index contributed by atoms with van der Waals surface area (Å²) in [6.45, 7) is 0. The largest absolute Gasteiger partial charge is 0.345 e. The monoisotopic (exact) mass is 446 g/mol. The average Bonchev–Trinajstić information content (AvgIpc) is 2.73. The van der Waals surface area contributed by atoms with Gasteiger partial charge in [-0.1, -0.05) is 29.4 Å². The summed E-state index contributed by atoms with van der Waals surface area (Å²) in [4.78, 5) is 41.8. The molecular formula is C17H11ClN6O5S. The van der Waals surface area contributed by atoms with Crippen LogP contribution in [0.4, 0.5) is 17.2 Å². The highest BCUT2D eigenvalue weighted by Gasteiger charge is 2.24. The van der Waals surface area contributed by atoms with Crippen molar-refractivity contribution in [1.82, 2.24) is 15.4 Å². The molecule has 0 aliphatic rings. The summed E-state index contributed by atoms with van der Waals surface area (Å²) < 4.78 is 0. The summed E-state index contributed by atoms with van der Waals surface area (Å²) in [5, 5.41) is 23.0. The Kier molecular flexibility index (Phi) is 6.39. The number of nitrogens with one attached hydrogen (secondary N) is 2. The van der Waals surface area contributed by atoms with Crippen molar-refractivity contribution in [2.45, 2.75) is 9.92 Å². The van der Waals surface area contributed by atoms with Crippen molar-refractivity contribution in [3.05, 3.63) is 85.7 Å². The van der Waals surface area contributed by atoms with Crippen LogP contribution < -0.4 is 10.9 Å². The van der Waals surface area contributed by atoms with Gasteiger partial charge >= 0.3 is 5.69 Å². The zero-order valence-electron chi connectivity index (χ0n) is 14.8. The van der Waals surface area contributed by atoms with Gasteiger partial charge in [0.2, 0.25) is 5.82 Å². The third-order valence-electron chi connectivity index (χ3n) is 3.61. The second-order valence-electron chi connectivity index (χ2n) is 5.58. The van der Waals surface area contributed by atoms with E-state index in [2.05, 4.69) is 20.8 Å². The second kappa shape index (κ2) is 9.15. The van der Waals surface area contributed by atoms with Gasteiger partial charge in [-0.2, -0.15) is 0 Å². The van der Waals surface area contributed by atoms with Crippen LogP contribution in [0.25, 0.3) is 0 Å². The normalized spacial score (nSPS) is 10.3. The molecule has 1 aromatic heterocycles.